The number of hydrogen-bond donors (Lipinski definition) is 1. The average molecular weight is 359 g/mol. The number of amides is 1. The van der Waals surface area contributed by atoms with Gasteiger partial charge in [0, 0.05) is 20.5 Å². The summed E-state index contributed by atoms with van der Waals surface area (Å²) in [6.45, 7) is 0. The molecule has 6 heteroatoms. The second-order valence-electron chi connectivity index (χ2n) is 6.90. The molecule has 1 aliphatic rings. The fourth-order valence-electron chi connectivity index (χ4n) is 3.31. The van der Waals surface area contributed by atoms with Gasteiger partial charge < -0.3 is 4.90 Å². The van der Waals surface area contributed by atoms with Gasteiger partial charge in [0.25, 0.3) is 0 Å². The van der Waals surface area contributed by atoms with Gasteiger partial charge in [0.1, 0.15) is 11.1 Å². The van der Waals surface area contributed by atoms with Crippen LogP contribution in [0, 0.1) is 5.92 Å². The normalized spacial score (nSPS) is 16.1. The highest BCUT2D eigenvalue weighted by molar-refractivity contribution is 8.00. The number of aromatic nitrogens is 3. The van der Waals surface area contributed by atoms with Crippen LogP contribution in [0.2, 0.25) is 0 Å². The van der Waals surface area contributed by atoms with Crippen molar-refractivity contribution in [3.8, 4) is 0 Å². The lowest BCUT2D eigenvalue weighted by Crippen LogP contribution is -2.26. The minimum atomic E-state index is -0.324. The summed E-state index contributed by atoms with van der Waals surface area (Å²) >= 11 is 1.41. The van der Waals surface area contributed by atoms with Crippen molar-refractivity contribution in [2.75, 3.05) is 14.1 Å². The zero-order valence-corrected chi connectivity index (χ0v) is 15.8. The Bertz CT molecular complexity index is 680. The molecule has 1 atom stereocenters. The Labute approximate surface area is 153 Å². The lowest BCUT2D eigenvalue weighted by molar-refractivity contribution is -0.128. The standard InChI is InChI=1S/C19H26N4OS/c1-23(2)18(24)17(15-10-4-3-5-11-15)25-19-20-16(21-22-19)13-12-14-8-6-7-9-14/h3-5,10-11,14,17H,6-9,12-13H2,1-2H3,(H,20,21,22)/t17-/m1/s1. The van der Waals surface area contributed by atoms with Crippen LogP contribution >= 0.6 is 11.8 Å². The van der Waals surface area contributed by atoms with Crippen LogP contribution in [-0.2, 0) is 11.2 Å². The molecule has 1 fully saturated rings. The molecule has 1 aromatic carbocycles. The predicted molar refractivity (Wildman–Crippen MR) is 100 cm³/mol. The van der Waals surface area contributed by atoms with E-state index in [2.05, 4.69) is 15.2 Å². The number of nitrogens with zero attached hydrogens (tertiary/aromatic N) is 3. The van der Waals surface area contributed by atoms with E-state index in [-0.39, 0.29) is 11.2 Å². The van der Waals surface area contributed by atoms with E-state index in [4.69, 9.17) is 0 Å². The van der Waals surface area contributed by atoms with E-state index < -0.39 is 0 Å². The lowest BCUT2D eigenvalue weighted by Gasteiger charge is -2.19. The molecule has 3 rings (SSSR count). The SMILES string of the molecule is CN(C)C(=O)[C@H](Sc1n[nH]c(CCC2CCCC2)n1)c1ccccc1. The number of carbonyl (C=O) groups is 1. The fourth-order valence-corrected chi connectivity index (χ4v) is 4.39. The Morgan fingerprint density at radius 2 is 2.00 bits per heavy atom. The quantitative estimate of drug-likeness (QED) is 0.764. The van der Waals surface area contributed by atoms with Gasteiger partial charge in [-0.3, -0.25) is 9.89 Å². The zero-order valence-electron chi connectivity index (χ0n) is 14.9. The number of H-pyrrole nitrogens is 1. The van der Waals surface area contributed by atoms with Gasteiger partial charge >= 0.3 is 0 Å². The second kappa shape index (κ2) is 8.52. The van der Waals surface area contributed by atoms with Crippen molar-refractivity contribution in [1.82, 2.24) is 20.1 Å². The number of carbonyl (C=O) groups excluding carboxylic acids is 1. The number of rotatable bonds is 7. The van der Waals surface area contributed by atoms with Crippen molar-refractivity contribution in [2.24, 2.45) is 5.92 Å². The summed E-state index contributed by atoms with van der Waals surface area (Å²) in [5.41, 5.74) is 0.975. The maximum atomic E-state index is 12.6. The van der Waals surface area contributed by atoms with Gasteiger partial charge in [-0.05, 0) is 17.9 Å². The van der Waals surface area contributed by atoms with Crippen LogP contribution < -0.4 is 0 Å². The highest BCUT2D eigenvalue weighted by Gasteiger charge is 2.25. The summed E-state index contributed by atoms with van der Waals surface area (Å²) in [5.74, 6) is 1.82. The molecule has 0 radical (unpaired) electrons. The average Bonchev–Trinajstić information content (AvgIpc) is 3.29. The monoisotopic (exact) mass is 358 g/mol. The maximum Gasteiger partial charge on any atom is 0.240 e. The molecule has 1 aromatic heterocycles. The van der Waals surface area contributed by atoms with Gasteiger partial charge in [-0.15, -0.1) is 5.10 Å². The minimum absolute atomic E-state index is 0.0495. The van der Waals surface area contributed by atoms with Gasteiger partial charge in [0.15, 0.2) is 0 Å². The van der Waals surface area contributed by atoms with E-state index in [1.165, 1.54) is 43.9 Å². The molecule has 1 heterocycles. The molecule has 1 N–H and O–H groups in total. The molecule has 0 bridgehead atoms. The highest BCUT2D eigenvalue weighted by atomic mass is 32.2. The van der Waals surface area contributed by atoms with Crippen LogP contribution in [0.1, 0.15) is 48.7 Å². The molecule has 0 unspecified atom stereocenters. The summed E-state index contributed by atoms with van der Waals surface area (Å²) in [6, 6.07) is 9.83. The molecule has 1 amide bonds. The second-order valence-corrected chi connectivity index (χ2v) is 7.97. The topological polar surface area (TPSA) is 61.9 Å². The lowest BCUT2D eigenvalue weighted by atomic mass is 10.0. The Balaban J connectivity index is 1.66. The van der Waals surface area contributed by atoms with Gasteiger partial charge in [-0.25, -0.2) is 4.98 Å². The number of aryl methyl sites for hydroxylation is 1. The molecular formula is C19H26N4OS. The third kappa shape index (κ3) is 4.84. The van der Waals surface area contributed by atoms with E-state index in [9.17, 15) is 4.79 Å². The molecule has 1 aliphatic carbocycles. The smallest absolute Gasteiger partial charge is 0.240 e. The Morgan fingerprint density at radius 1 is 1.28 bits per heavy atom. The van der Waals surface area contributed by atoms with E-state index in [1.54, 1.807) is 19.0 Å². The van der Waals surface area contributed by atoms with Gasteiger partial charge in [-0.2, -0.15) is 0 Å². The molecule has 0 saturated heterocycles. The summed E-state index contributed by atoms with van der Waals surface area (Å²) < 4.78 is 0. The molecule has 0 aliphatic heterocycles. The molecule has 1 saturated carbocycles. The Hall–Kier alpha value is -1.82. The highest BCUT2D eigenvalue weighted by Crippen LogP contribution is 2.35. The number of likely N-dealkylation sites (N-methyl/N-ethyl adjacent to an activating group) is 1. The van der Waals surface area contributed by atoms with Crippen LogP contribution in [0.3, 0.4) is 0 Å². The largest absolute Gasteiger partial charge is 0.348 e. The first-order valence-electron chi connectivity index (χ1n) is 8.97. The van der Waals surface area contributed by atoms with Crippen molar-refractivity contribution in [3.05, 3.63) is 41.7 Å². The Morgan fingerprint density at radius 3 is 2.68 bits per heavy atom. The van der Waals surface area contributed by atoms with Crippen molar-refractivity contribution < 1.29 is 4.79 Å². The molecule has 134 valence electrons. The van der Waals surface area contributed by atoms with Crippen LogP contribution in [0.15, 0.2) is 35.5 Å². The maximum absolute atomic E-state index is 12.6. The molecule has 25 heavy (non-hydrogen) atoms. The number of aromatic amines is 1. The molecule has 5 nitrogen and oxygen atoms in total. The van der Waals surface area contributed by atoms with E-state index in [0.29, 0.717) is 5.16 Å². The van der Waals surface area contributed by atoms with Crippen LogP contribution in [-0.4, -0.2) is 40.1 Å². The van der Waals surface area contributed by atoms with Crippen molar-refractivity contribution >= 4 is 17.7 Å². The third-order valence-corrected chi connectivity index (χ3v) is 5.87. The first-order chi connectivity index (χ1) is 12.1. The van der Waals surface area contributed by atoms with Crippen LogP contribution in [0.4, 0.5) is 0 Å². The van der Waals surface area contributed by atoms with Crippen molar-refractivity contribution in [1.29, 1.82) is 0 Å². The number of hydrogen-bond acceptors (Lipinski definition) is 4. The first kappa shape index (κ1) is 18.0. The summed E-state index contributed by atoms with van der Waals surface area (Å²) in [6.07, 6.45) is 7.56. The number of thioether (sulfide) groups is 1. The Kier molecular flexibility index (Phi) is 6.13. The first-order valence-corrected chi connectivity index (χ1v) is 9.85. The van der Waals surface area contributed by atoms with Gasteiger partial charge in [-0.1, -0.05) is 67.8 Å². The molecular weight excluding hydrogens is 332 g/mol. The van der Waals surface area contributed by atoms with E-state index >= 15 is 0 Å². The number of nitrogens with one attached hydrogen (secondary N) is 1. The zero-order chi connectivity index (χ0) is 17.6. The van der Waals surface area contributed by atoms with E-state index in [0.717, 1.165) is 23.7 Å². The third-order valence-electron chi connectivity index (χ3n) is 4.77. The summed E-state index contributed by atoms with van der Waals surface area (Å²) in [7, 11) is 3.56. The van der Waals surface area contributed by atoms with Gasteiger partial charge in [0.05, 0.1) is 0 Å². The van der Waals surface area contributed by atoms with Crippen molar-refractivity contribution in [2.45, 2.75) is 48.9 Å². The summed E-state index contributed by atoms with van der Waals surface area (Å²) in [5, 5.41) is 7.69. The predicted octanol–water partition coefficient (Wildman–Crippen LogP) is 3.85. The van der Waals surface area contributed by atoms with Crippen LogP contribution in [0.25, 0.3) is 0 Å². The van der Waals surface area contributed by atoms with Gasteiger partial charge in [0.2, 0.25) is 11.1 Å². The van der Waals surface area contributed by atoms with Crippen molar-refractivity contribution in [3.63, 3.8) is 0 Å². The number of benzene rings is 1. The summed E-state index contributed by atoms with van der Waals surface area (Å²) in [4.78, 5) is 18.8. The van der Waals surface area contributed by atoms with Crippen LogP contribution in [0.5, 0.6) is 0 Å². The van der Waals surface area contributed by atoms with E-state index in [1.807, 2.05) is 30.3 Å². The minimum Gasteiger partial charge on any atom is -0.348 e. The fraction of sp³-hybridized carbons (Fsp3) is 0.526. The molecule has 0 spiro atoms. The molecule has 2 aromatic rings.